The number of aliphatic imine (C=N–C) groups is 1. The molecule has 7 nitrogen and oxygen atoms in total. The number of methoxy groups -OCH3 is 1. The molecule has 9 heteroatoms. The van der Waals surface area contributed by atoms with Crippen LogP contribution in [0.15, 0.2) is 45.9 Å². The number of nitrogens with two attached hydrogens (primary N) is 1. The normalized spacial score (nSPS) is 11.3. The minimum absolute atomic E-state index is 0.0115. The molecule has 2 rings (SSSR count). The first kappa shape index (κ1) is 27.3. The molecule has 0 radical (unpaired) electrons. The quantitative estimate of drug-likeness (QED) is 0.335. The highest BCUT2D eigenvalue weighted by molar-refractivity contribution is 9.10. The number of ether oxygens (including phenoxy) is 1. The van der Waals surface area contributed by atoms with Gasteiger partial charge in [-0.2, -0.15) is 0 Å². The van der Waals surface area contributed by atoms with Gasteiger partial charge in [0.25, 0.3) is 5.91 Å². The third-order valence-corrected chi connectivity index (χ3v) is 5.82. The number of nitrogens with zero attached hydrogens (tertiary/aromatic N) is 2. The zero-order chi connectivity index (χ0) is 25.1. The molecule has 2 amide bonds. The molecule has 0 fully saturated rings. The Morgan fingerprint density at radius 1 is 1.21 bits per heavy atom. The minimum Gasteiger partial charge on any atom is -0.496 e. The van der Waals surface area contributed by atoms with Crippen molar-refractivity contribution in [1.82, 2.24) is 10.2 Å². The van der Waals surface area contributed by atoms with E-state index < -0.39 is 11.7 Å². The van der Waals surface area contributed by atoms with Crippen LogP contribution in [0.1, 0.15) is 48.2 Å². The second-order valence-electron chi connectivity index (χ2n) is 7.67. The summed E-state index contributed by atoms with van der Waals surface area (Å²) in [6.07, 6.45) is 1.84. The number of amides is 2. The SMILES string of the molecule is CCCN(CC)C(=O)CCN=C(N)NC(=O)c1cccc(F)c1CCc1cc(Br)ccc1OC. The Bertz CT molecular complexity index is 1030. The molecule has 0 atom stereocenters. The molecule has 0 aliphatic heterocycles. The van der Waals surface area contributed by atoms with Crippen LogP contribution in [0.5, 0.6) is 5.75 Å². The highest BCUT2D eigenvalue weighted by Crippen LogP contribution is 2.25. The van der Waals surface area contributed by atoms with Crippen molar-refractivity contribution in [3.63, 3.8) is 0 Å². The summed E-state index contributed by atoms with van der Waals surface area (Å²) in [5.74, 6) is -0.456. The van der Waals surface area contributed by atoms with Crippen LogP contribution >= 0.6 is 15.9 Å². The van der Waals surface area contributed by atoms with Crippen LogP contribution in [0.2, 0.25) is 0 Å². The monoisotopic (exact) mass is 534 g/mol. The van der Waals surface area contributed by atoms with Crippen LogP contribution in [0.4, 0.5) is 4.39 Å². The number of guanidine groups is 1. The molecule has 0 spiro atoms. The molecule has 3 N–H and O–H groups in total. The predicted octanol–water partition coefficient (Wildman–Crippen LogP) is 4.08. The first-order valence-electron chi connectivity index (χ1n) is 11.3. The number of carbonyl (C=O) groups is 2. The molecule has 2 aromatic carbocycles. The molecular weight excluding hydrogens is 503 g/mol. The largest absolute Gasteiger partial charge is 0.496 e. The van der Waals surface area contributed by atoms with Crippen molar-refractivity contribution in [2.75, 3.05) is 26.7 Å². The van der Waals surface area contributed by atoms with Gasteiger partial charge in [-0.25, -0.2) is 4.39 Å². The van der Waals surface area contributed by atoms with E-state index in [-0.39, 0.29) is 42.4 Å². The van der Waals surface area contributed by atoms with Gasteiger partial charge in [0.15, 0.2) is 5.96 Å². The van der Waals surface area contributed by atoms with Crippen LogP contribution in [0.3, 0.4) is 0 Å². The number of nitrogens with one attached hydrogen (secondary N) is 1. The van der Waals surface area contributed by atoms with Crippen molar-refractivity contribution in [3.8, 4) is 5.75 Å². The van der Waals surface area contributed by atoms with Gasteiger partial charge in [-0.1, -0.05) is 28.9 Å². The number of hydrogen-bond donors (Lipinski definition) is 2. The van der Waals surface area contributed by atoms with Crippen molar-refractivity contribution in [2.45, 2.75) is 39.5 Å². The van der Waals surface area contributed by atoms with E-state index in [0.29, 0.717) is 25.3 Å². The summed E-state index contributed by atoms with van der Waals surface area (Å²) < 4.78 is 20.9. The van der Waals surface area contributed by atoms with Crippen molar-refractivity contribution >= 4 is 33.7 Å². The van der Waals surface area contributed by atoms with Crippen molar-refractivity contribution < 1.29 is 18.7 Å². The fraction of sp³-hybridized carbons (Fsp3) is 0.400. The lowest BCUT2D eigenvalue weighted by Crippen LogP contribution is -2.38. The minimum atomic E-state index is -0.551. The van der Waals surface area contributed by atoms with Crippen LogP contribution in [-0.4, -0.2) is 49.4 Å². The van der Waals surface area contributed by atoms with Crippen LogP contribution in [0, 0.1) is 5.82 Å². The summed E-state index contributed by atoms with van der Waals surface area (Å²) in [5.41, 5.74) is 7.21. The molecule has 0 unspecified atom stereocenters. The zero-order valence-corrected chi connectivity index (χ0v) is 21.5. The maximum Gasteiger partial charge on any atom is 0.258 e. The predicted molar refractivity (Wildman–Crippen MR) is 136 cm³/mol. The Morgan fingerprint density at radius 3 is 2.65 bits per heavy atom. The van der Waals surface area contributed by atoms with Gasteiger partial charge < -0.3 is 15.4 Å². The molecule has 0 bridgehead atoms. The van der Waals surface area contributed by atoms with Gasteiger partial charge in [-0.15, -0.1) is 0 Å². The van der Waals surface area contributed by atoms with Gasteiger partial charge in [-0.3, -0.25) is 19.9 Å². The van der Waals surface area contributed by atoms with Crippen LogP contribution < -0.4 is 15.8 Å². The van der Waals surface area contributed by atoms with E-state index in [0.717, 1.165) is 16.5 Å². The highest BCUT2D eigenvalue weighted by Gasteiger charge is 2.17. The first-order chi connectivity index (χ1) is 16.3. The molecule has 0 saturated heterocycles. The maximum atomic E-state index is 14.7. The van der Waals surface area contributed by atoms with Crippen molar-refractivity contribution in [2.24, 2.45) is 10.7 Å². The Labute approximate surface area is 208 Å². The molecule has 0 heterocycles. The van der Waals surface area contributed by atoms with Gasteiger partial charge in [0, 0.05) is 35.1 Å². The third-order valence-electron chi connectivity index (χ3n) is 5.33. The summed E-state index contributed by atoms with van der Waals surface area (Å²) in [6, 6.07) is 9.95. The van der Waals surface area contributed by atoms with Crippen molar-refractivity contribution in [1.29, 1.82) is 0 Å². The van der Waals surface area contributed by atoms with Crippen LogP contribution in [0.25, 0.3) is 0 Å². The van der Waals surface area contributed by atoms with Gasteiger partial charge in [0.2, 0.25) is 5.91 Å². The lowest BCUT2D eigenvalue weighted by atomic mass is 9.98. The summed E-state index contributed by atoms with van der Waals surface area (Å²) in [4.78, 5) is 30.8. The first-order valence-corrected chi connectivity index (χ1v) is 12.1. The fourth-order valence-electron chi connectivity index (χ4n) is 3.61. The lowest BCUT2D eigenvalue weighted by Gasteiger charge is -2.19. The topological polar surface area (TPSA) is 97.0 Å². The zero-order valence-electron chi connectivity index (χ0n) is 19.9. The molecule has 0 aliphatic carbocycles. The van der Waals surface area contributed by atoms with Gasteiger partial charge in [0.1, 0.15) is 11.6 Å². The fourth-order valence-corrected chi connectivity index (χ4v) is 4.02. The number of benzene rings is 2. The standard InChI is InChI=1S/C25H32BrFN4O3/c1-4-15-31(5-2)23(32)13-14-29-25(28)30-24(33)20-7-6-8-21(27)19(20)11-9-17-16-18(26)10-12-22(17)34-3/h6-8,10,12,16H,4-5,9,11,13-15H2,1-3H3,(H3,28,29,30,33). The highest BCUT2D eigenvalue weighted by atomic mass is 79.9. The Kier molecular flexibility index (Phi) is 11.0. The third kappa shape index (κ3) is 7.83. The van der Waals surface area contributed by atoms with Gasteiger partial charge in [0.05, 0.1) is 13.7 Å². The molecule has 184 valence electrons. The number of hydrogen-bond acceptors (Lipinski definition) is 4. The Hall–Kier alpha value is -2.94. The van der Waals surface area contributed by atoms with Crippen molar-refractivity contribution in [3.05, 3.63) is 63.4 Å². The molecule has 0 saturated carbocycles. The molecule has 0 aliphatic rings. The van der Waals surface area contributed by atoms with E-state index >= 15 is 0 Å². The summed E-state index contributed by atoms with van der Waals surface area (Å²) in [7, 11) is 1.58. The average molecular weight is 535 g/mol. The molecular formula is C25H32BrFN4O3. The van der Waals surface area contributed by atoms with E-state index in [1.165, 1.54) is 12.1 Å². The summed E-state index contributed by atoms with van der Waals surface area (Å²) >= 11 is 3.44. The lowest BCUT2D eigenvalue weighted by molar-refractivity contribution is -0.130. The molecule has 2 aromatic rings. The Morgan fingerprint density at radius 2 is 1.97 bits per heavy atom. The number of rotatable bonds is 11. The number of carbonyl (C=O) groups excluding carboxylic acids is 2. The van der Waals surface area contributed by atoms with E-state index in [4.69, 9.17) is 10.5 Å². The molecule has 34 heavy (non-hydrogen) atoms. The average Bonchev–Trinajstić information content (AvgIpc) is 2.81. The van der Waals surface area contributed by atoms with E-state index in [2.05, 4.69) is 26.2 Å². The second-order valence-corrected chi connectivity index (χ2v) is 8.58. The van der Waals surface area contributed by atoms with E-state index in [1.807, 2.05) is 32.0 Å². The van der Waals surface area contributed by atoms with Gasteiger partial charge in [-0.05, 0) is 62.1 Å². The van der Waals surface area contributed by atoms with Crippen LogP contribution in [-0.2, 0) is 17.6 Å². The van der Waals surface area contributed by atoms with Gasteiger partial charge >= 0.3 is 0 Å². The maximum absolute atomic E-state index is 14.7. The van der Waals surface area contributed by atoms with E-state index in [9.17, 15) is 14.0 Å². The van der Waals surface area contributed by atoms with E-state index in [1.54, 1.807) is 18.1 Å². The second kappa shape index (κ2) is 13.7. The number of halogens is 2. The summed E-state index contributed by atoms with van der Waals surface area (Å²) in [5, 5.41) is 2.50. The Balaban J connectivity index is 2.06. The summed E-state index contributed by atoms with van der Waals surface area (Å²) in [6.45, 7) is 5.42. The number of aryl methyl sites for hydroxylation is 1. The molecule has 0 aromatic heterocycles. The smallest absolute Gasteiger partial charge is 0.258 e.